The van der Waals surface area contributed by atoms with Crippen molar-refractivity contribution < 1.29 is 9.16 Å². The van der Waals surface area contributed by atoms with E-state index in [1.165, 1.54) is 6.33 Å². The average Bonchev–Trinajstić information content (AvgIpc) is 3.27. The lowest BCUT2D eigenvalue weighted by Crippen LogP contribution is -2.50. The first-order valence-electron chi connectivity index (χ1n) is 9.82. The van der Waals surface area contributed by atoms with Crippen molar-refractivity contribution >= 4 is 31.1 Å². The van der Waals surface area contributed by atoms with Gasteiger partial charge in [-0.1, -0.05) is 32.4 Å². The molecule has 0 bridgehead atoms. The van der Waals surface area contributed by atoms with E-state index >= 15 is 0 Å². The van der Waals surface area contributed by atoms with E-state index in [4.69, 9.17) is 20.8 Å². The van der Waals surface area contributed by atoms with Gasteiger partial charge in [0, 0.05) is 0 Å². The molecule has 0 aromatic carbocycles. The number of nitrogens with zero attached hydrogens (tertiary/aromatic N) is 4. The molecule has 3 heterocycles. The number of fused-ring (bicyclic) bond motifs is 1. The van der Waals surface area contributed by atoms with Crippen LogP contribution >= 0.6 is 11.6 Å². The molecule has 1 aliphatic heterocycles. The molecule has 3 atom stereocenters. The molecule has 2 fully saturated rings. The lowest BCUT2D eigenvalue weighted by atomic mass is 9.96. The zero-order valence-electron chi connectivity index (χ0n) is 16.8. The van der Waals surface area contributed by atoms with Crippen LogP contribution in [-0.4, -0.2) is 39.5 Å². The van der Waals surface area contributed by atoms with Crippen LogP contribution in [0.5, 0.6) is 0 Å². The number of rotatable bonds is 3. The summed E-state index contributed by atoms with van der Waals surface area (Å²) in [6, 6.07) is 0. The first-order chi connectivity index (χ1) is 12.6. The van der Waals surface area contributed by atoms with Crippen LogP contribution in [0.15, 0.2) is 12.7 Å². The van der Waals surface area contributed by atoms with E-state index in [0.717, 1.165) is 37.8 Å². The van der Waals surface area contributed by atoms with Crippen LogP contribution in [0, 0.1) is 0 Å². The number of imidazole rings is 1. The first-order valence-corrected chi connectivity index (χ1v) is 13.1. The zero-order valence-corrected chi connectivity index (χ0v) is 18.6. The topological polar surface area (TPSA) is 62.1 Å². The van der Waals surface area contributed by atoms with Gasteiger partial charge in [-0.25, -0.2) is 15.0 Å². The summed E-state index contributed by atoms with van der Waals surface area (Å²) >= 11 is 6.15. The molecule has 0 amide bonds. The largest absolute Gasteiger partial charge is 0.411 e. The van der Waals surface area contributed by atoms with Crippen molar-refractivity contribution in [1.82, 2.24) is 19.5 Å². The minimum atomic E-state index is -1.84. The van der Waals surface area contributed by atoms with Crippen LogP contribution in [0.2, 0.25) is 23.3 Å². The first kappa shape index (κ1) is 19.3. The highest BCUT2D eigenvalue weighted by Gasteiger charge is 2.53. The smallest absolute Gasteiger partial charge is 0.192 e. The number of ether oxygens (including phenoxy) is 1. The standard InChI is InChI=1S/C19H29ClN4O2Si/c1-18(2,3)27(4,5)26-13-7-6-9-19(13)10-8-14(25-19)24-12-23-15-16(20)21-11-22-17(15)24/h11-14H,6-10H2,1-5H3/t13-,14-,19+/m1/s1. The Morgan fingerprint density at radius 2 is 2.00 bits per heavy atom. The summed E-state index contributed by atoms with van der Waals surface area (Å²) in [6.45, 7) is 11.5. The van der Waals surface area contributed by atoms with Crippen molar-refractivity contribution in [3.8, 4) is 0 Å². The van der Waals surface area contributed by atoms with Crippen LogP contribution < -0.4 is 0 Å². The summed E-state index contributed by atoms with van der Waals surface area (Å²) in [5, 5.41) is 0.578. The van der Waals surface area contributed by atoms with E-state index in [9.17, 15) is 0 Å². The molecule has 1 spiro atoms. The lowest BCUT2D eigenvalue weighted by Gasteiger charge is -2.42. The van der Waals surface area contributed by atoms with Gasteiger partial charge < -0.3 is 9.16 Å². The van der Waals surface area contributed by atoms with E-state index in [-0.39, 0.29) is 23.0 Å². The molecule has 4 rings (SSSR count). The molecule has 8 heteroatoms. The Kier molecular flexibility index (Phi) is 4.65. The monoisotopic (exact) mass is 408 g/mol. The van der Waals surface area contributed by atoms with Gasteiger partial charge in [0.25, 0.3) is 0 Å². The molecule has 2 aliphatic rings. The summed E-state index contributed by atoms with van der Waals surface area (Å²) in [5.41, 5.74) is 1.18. The van der Waals surface area contributed by atoms with Crippen LogP contribution in [0.1, 0.15) is 59.1 Å². The third-order valence-electron chi connectivity index (χ3n) is 6.71. The fourth-order valence-electron chi connectivity index (χ4n) is 4.12. The summed E-state index contributed by atoms with van der Waals surface area (Å²) in [6.07, 6.45) is 8.59. The van der Waals surface area contributed by atoms with Crippen LogP contribution in [-0.2, 0) is 9.16 Å². The molecule has 1 saturated carbocycles. The van der Waals surface area contributed by atoms with Crippen LogP contribution in [0.4, 0.5) is 0 Å². The minimum Gasteiger partial charge on any atom is -0.411 e. The molecule has 2 aromatic heterocycles. The van der Waals surface area contributed by atoms with Gasteiger partial charge in [-0.3, -0.25) is 4.57 Å². The Bertz CT molecular complexity index is 850. The Labute approximate surface area is 166 Å². The summed E-state index contributed by atoms with van der Waals surface area (Å²) in [5.74, 6) is 0. The van der Waals surface area contributed by atoms with Crippen molar-refractivity contribution in [3.05, 3.63) is 17.8 Å². The van der Waals surface area contributed by atoms with Crippen molar-refractivity contribution in [1.29, 1.82) is 0 Å². The van der Waals surface area contributed by atoms with Gasteiger partial charge in [0.15, 0.2) is 19.1 Å². The molecule has 1 saturated heterocycles. The second kappa shape index (κ2) is 6.51. The second-order valence-electron chi connectivity index (χ2n) is 9.42. The third kappa shape index (κ3) is 3.22. The molecule has 0 unspecified atom stereocenters. The maximum Gasteiger partial charge on any atom is 0.192 e. The van der Waals surface area contributed by atoms with E-state index in [2.05, 4.69) is 48.8 Å². The molecule has 1 aliphatic carbocycles. The highest BCUT2D eigenvalue weighted by atomic mass is 35.5. The Hall–Kier alpha value is -1.02. The fourth-order valence-corrected chi connectivity index (χ4v) is 5.69. The summed E-state index contributed by atoms with van der Waals surface area (Å²) in [7, 11) is -1.84. The molecule has 148 valence electrons. The van der Waals surface area contributed by atoms with Crippen LogP contribution in [0.3, 0.4) is 0 Å². The number of hydrogen-bond acceptors (Lipinski definition) is 5. The minimum absolute atomic E-state index is 0.0791. The quantitative estimate of drug-likeness (QED) is 0.522. The van der Waals surface area contributed by atoms with Gasteiger partial charge in [-0.15, -0.1) is 0 Å². The van der Waals surface area contributed by atoms with Gasteiger partial charge in [-0.05, 0) is 50.2 Å². The molecular formula is C19H29ClN4O2Si. The van der Waals surface area contributed by atoms with Crippen LogP contribution in [0.25, 0.3) is 11.2 Å². The van der Waals surface area contributed by atoms with E-state index in [1.54, 1.807) is 6.33 Å². The molecule has 6 nitrogen and oxygen atoms in total. The van der Waals surface area contributed by atoms with Gasteiger partial charge in [0.1, 0.15) is 18.1 Å². The Morgan fingerprint density at radius 1 is 1.22 bits per heavy atom. The number of halogens is 1. The fraction of sp³-hybridized carbons (Fsp3) is 0.737. The second-order valence-corrected chi connectivity index (χ2v) is 14.5. The number of hydrogen-bond donors (Lipinski definition) is 0. The maximum absolute atomic E-state index is 6.82. The van der Waals surface area contributed by atoms with E-state index < -0.39 is 8.32 Å². The summed E-state index contributed by atoms with van der Waals surface area (Å²) in [4.78, 5) is 12.8. The van der Waals surface area contributed by atoms with Gasteiger partial charge in [-0.2, -0.15) is 0 Å². The highest BCUT2D eigenvalue weighted by Crippen LogP contribution is 2.50. The van der Waals surface area contributed by atoms with Crippen molar-refractivity contribution in [2.24, 2.45) is 0 Å². The van der Waals surface area contributed by atoms with E-state index in [1.807, 2.05) is 4.57 Å². The normalized spacial score (nSPS) is 29.3. The molecule has 0 N–H and O–H groups in total. The maximum atomic E-state index is 6.82. The lowest BCUT2D eigenvalue weighted by molar-refractivity contribution is -0.115. The molecular weight excluding hydrogens is 380 g/mol. The third-order valence-corrected chi connectivity index (χ3v) is 11.5. The van der Waals surface area contributed by atoms with Gasteiger partial charge in [0.2, 0.25) is 0 Å². The van der Waals surface area contributed by atoms with Crippen molar-refractivity contribution in [2.75, 3.05) is 0 Å². The molecule has 27 heavy (non-hydrogen) atoms. The van der Waals surface area contributed by atoms with Crippen molar-refractivity contribution in [2.45, 2.75) is 88.9 Å². The predicted molar refractivity (Wildman–Crippen MR) is 108 cm³/mol. The van der Waals surface area contributed by atoms with E-state index in [0.29, 0.717) is 10.7 Å². The Morgan fingerprint density at radius 3 is 2.74 bits per heavy atom. The highest BCUT2D eigenvalue weighted by molar-refractivity contribution is 6.74. The number of aromatic nitrogens is 4. The Balaban J connectivity index is 1.58. The van der Waals surface area contributed by atoms with Gasteiger partial charge >= 0.3 is 0 Å². The summed E-state index contributed by atoms with van der Waals surface area (Å²) < 4.78 is 15.5. The zero-order chi connectivity index (χ0) is 19.4. The van der Waals surface area contributed by atoms with Crippen molar-refractivity contribution in [3.63, 3.8) is 0 Å². The average molecular weight is 409 g/mol. The van der Waals surface area contributed by atoms with Gasteiger partial charge in [0.05, 0.1) is 18.0 Å². The molecule has 0 radical (unpaired) electrons. The molecule has 2 aromatic rings. The predicted octanol–water partition coefficient (Wildman–Crippen LogP) is 5.10. The SMILES string of the molecule is CC(C)(C)[Si](C)(C)O[C@@H]1CCC[C@]12CC[C@H](n1cnc3c(Cl)ncnc31)O2.